The zero-order chi connectivity index (χ0) is 20.1. The maximum atomic E-state index is 13.1. The number of pyridine rings is 1. The van der Waals surface area contributed by atoms with Gasteiger partial charge in [-0.25, -0.2) is 0 Å². The molecule has 148 valence electrons. The Hall–Kier alpha value is -2.50. The van der Waals surface area contributed by atoms with E-state index in [1.54, 1.807) is 42.5 Å². The van der Waals surface area contributed by atoms with Crippen LogP contribution in [-0.4, -0.2) is 28.5 Å². The van der Waals surface area contributed by atoms with Gasteiger partial charge >= 0.3 is 0 Å². The number of benzene rings is 1. The lowest BCUT2D eigenvalue weighted by atomic mass is 9.83. The maximum Gasteiger partial charge on any atom is 0.289 e. The van der Waals surface area contributed by atoms with Crippen molar-refractivity contribution in [3.05, 3.63) is 80.4 Å². The smallest absolute Gasteiger partial charge is 0.289 e. The molecule has 3 aromatic rings. The van der Waals surface area contributed by atoms with Gasteiger partial charge in [-0.05, 0) is 48.7 Å². The van der Waals surface area contributed by atoms with Crippen LogP contribution in [0.25, 0.3) is 11.3 Å². The highest BCUT2D eigenvalue weighted by molar-refractivity contribution is 6.42. The number of piperidine rings is 1. The van der Waals surface area contributed by atoms with Gasteiger partial charge in [0, 0.05) is 42.9 Å². The van der Waals surface area contributed by atoms with E-state index < -0.39 is 0 Å². The van der Waals surface area contributed by atoms with Crippen molar-refractivity contribution in [2.24, 2.45) is 5.92 Å². The highest BCUT2D eigenvalue weighted by Crippen LogP contribution is 2.36. The van der Waals surface area contributed by atoms with E-state index in [9.17, 15) is 9.59 Å². The van der Waals surface area contributed by atoms with Gasteiger partial charge < -0.3 is 13.9 Å². The number of likely N-dealkylation sites (tertiary alicyclic amines) is 1. The van der Waals surface area contributed by atoms with Crippen LogP contribution >= 0.6 is 23.2 Å². The molecule has 1 saturated heterocycles. The van der Waals surface area contributed by atoms with Crippen molar-refractivity contribution < 1.29 is 9.21 Å². The number of halogens is 2. The highest BCUT2D eigenvalue weighted by Gasteiger charge is 2.37. The molecular weight excluding hydrogens is 411 g/mol. The third kappa shape index (κ3) is 3.28. The minimum atomic E-state index is -0.127. The molecule has 0 radical (unpaired) electrons. The Balaban J connectivity index is 1.39. The number of carbonyl (C=O) groups excluding carboxylic acids is 1. The van der Waals surface area contributed by atoms with Crippen molar-refractivity contribution in [2.45, 2.75) is 18.9 Å². The number of fused-ring (bicyclic) bond motifs is 4. The van der Waals surface area contributed by atoms with Crippen molar-refractivity contribution in [2.75, 3.05) is 13.1 Å². The fourth-order valence-corrected chi connectivity index (χ4v) is 4.77. The number of nitrogens with zero attached hydrogens (tertiary/aromatic N) is 2. The number of hydrogen-bond acceptors (Lipinski definition) is 3. The van der Waals surface area contributed by atoms with Crippen LogP contribution in [0.15, 0.2) is 57.7 Å². The summed E-state index contributed by atoms with van der Waals surface area (Å²) < 4.78 is 7.70. The zero-order valence-electron chi connectivity index (χ0n) is 15.5. The summed E-state index contributed by atoms with van der Waals surface area (Å²) in [6.45, 7) is 1.86. The third-order valence-corrected chi connectivity index (χ3v) is 6.53. The number of carbonyl (C=O) groups is 1. The first-order chi connectivity index (χ1) is 14.0. The van der Waals surface area contributed by atoms with Gasteiger partial charge in [0.05, 0.1) is 10.0 Å². The average Bonchev–Trinajstić information content (AvgIpc) is 3.20. The molecule has 2 atom stereocenters. The largest absolute Gasteiger partial charge is 0.451 e. The molecule has 2 aromatic heterocycles. The maximum absolute atomic E-state index is 13.1. The number of furan rings is 1. The Labute approximate surface area is 177 Å². The van der Waals surface area contributed by atoms with E-state index in [0.29, 0.717) is 41.2 Å². The second-order valence-electron chi connectivity index (χ2n) is 7.70. The lowest BCUT2D eigenvalue weighted by Gasteiger charge is -2.42. The number of amides is 1. The fourth-order valence-electron chi connectivity index (χ4n) is 4.48. The molecule has 0 spiro atoms. The van der Waals surface area contributed by atoms with Crippen LogP contribution in [0.3, 0.4) is 0 Å². The minimum absolute atomic E-state index is 0.0364. The third-order valence-electron chi connectivity index (χ3n) is 5.79. The van der Waals surface area contributed by atoms with Crippen LogP contribution in [0.5, 0.6) is 0 Å². The topological polar surface area (TPSA) is 55.5 Å². The van der Waals surface area contributed by atoms with Crippen molar-refractivity contribution in [3.8, 4) is 11.3 Å². The van der Waals surface area contributed by atoms with Crippen LogP contribution < -0.4 is 5.56 Å². The second-order valence-corrected chi connectivity index (χ2v) is 8.52. The van der Waals surface area contributed by atoms with Gasteiger partial charge in [-0.1, -0.05) is 29.3 Å². The molecule has 0 unspecified atom stereocenters. The molecule has 0 N–H and O–H groups in total. The molecule has 5 rings (SSSR count). The molecule has 4 heterocycles. The predicted octanol–water partition coefficient (Wildman–Crippen LogP) is 4.67. The summed E-state index contributed by atoms with van der Waals surface area (Å²) in [4.78, 5) is 27.1. The summed E-state index contributed by atoms with van der Waals surface area (Å²) in [5.41, 5.74) is 1.82. The molecule has 29 heavy (non-hydrogen) atoms. The van der Waals surface area contributed by atoms with Gasteiger partial charge in [0.25, 0.3) is 11.5 Å². The molecule has 0 saturated carbocycles. The summed E-state index contributed by atoms with van der Waals surface area (Å²) in [5.74, 6) is 1.19. The molecule has 5 nitrogen and oxygen atoms in total. The highest BCUT2D eigenvalue weighted by atomic mass is 35.5. The number of aromatic nitrogens is 1. The van der Waals surface area contributed by atoms with Crippen LogP contribution in [0.1, 0.15) is 28.6 Å². The van der Waals surface area contributed by atoms with Crippen LogP contribution in [0.2, 0.25) is 10.0 Å². The summed E-state index contributed by atoms with van der Waals surface area (Å²) >= 11 is 12.1. The first-order valence-corrected chi connectivity index (χ1v) is 10.3. The van der Waals surface area contributed by atoms with E-state index in [0.717, 1.165) is 17.7 Å². The van der Waals surface area contributed by atoms with Crippen molar-refractivity contribution >= 4 is 29.1 Å². The minimum Gasteiger partial charge on any atom is -0.451 e. The van der Waals surface area contributed by atoms with Gasteiger partial charge in [-0.2, -0.15) is 0 Å². The van der Waals surface area contributed by atoms with E-state index in [4.69, 9.17) is 27.6 Å². The molecule has 2 aliphatic heterocycles. The quantitative estimate of drug-likeness (QED) is 0.595. The van der Waals surface area contributed by atoms with E-state index in [1.807, 2.05) is 15.5 Å². The molecular formula is C22H18Cl2N2O3. The SMILES string of the molecule is O=C(c1ccc(-c2ccc(Cl)c(Cl)c2)o1)N1C[C@@H]2C[C@H](C1)c1cccc(=O)n1C2. The van der Waals surface area contributed by atoms with Gasteiger partial charge in [0.15, 0.2) is 5.76 Å². The fraction of sp³-hybridized carbons (Fsp3) is 0.273. The molecule has 2 aliphatic rings. The van der Waals surface area contributed by atoms with Gasteiger partial charge in [0.1, 0.15) is 5.76 Å². The second kappa shape index (κ2) is 7.08. The average molecular weight is 429 g/mol. The van der Waals surface area contributed by atoms with Gasteiger partial charge in [0.2, 0.25) is 0 Å². The summed E-state index contributed by atoms with van der Waals surface area (Å²) in [6, 6.07) is 14.1. The molecule has 1 fully saturated rings. The monoisotopic (exact) mass is 428 g/mol. The first-order valence-electron chi connectivity index (χ1n) is 9.54. The number of hydrogen-bond donors (Lipinski definition) is 0. The van der Waals surface area contributed by atoms with Crippen LogP contribution in [0, 0.1) is 5.92 Å². The van der Waals surface area contributed by atoms with E-state index in [-0.39, 0.29) is 23.3 Å². The Morgan fingerprint density at radius 2 is 1.86 bits per heavy atom. The zero-order valence-corrected chi connectivity index (χ0v) is 17.0. The summed E-state index contributed by atoms with van der Waals surface area (Å²) in [7, 11) is 0. The normalized spacial score (nSPS) is 20.4. The molecule has 2 bridgehead atoms. The van der Waals surface area contributed by atoms with E-state index in [2.05, 4.69) is 0 Å². The summed E-state index contributed by atoms with van der Waals surface area (Å²) in [5, 5.41) is 0.906. The van der Waals surface area contributed by atoms with Crippen molar-refractivity contribution in [3.63, 3.8) is 0 Å². The van der Waals surface area contributed by atoms with Crippen LogP contribution in [-0.2, 0) is 6.54 Å². The summed E-state index contributed by atoms with van der Waals surface area (Å²) in [6.07, 6.45) is 1.000. The standard InChI is InChI=1S/C22H18Cl2N2O3/c23-16-5-4-14(9-17(16)24)19-6-7-20(29-19)22(28)25-10-13-8-15(12-25)18-2-1-3-21(27)26(18)11-13/h1-7,9,13,15H,8,10-12H2/t13-,15+/m0/s1. The molecule has 1 amide bonds. The van der Waals surface area contributed by atoms with E-state index in [1.165, 1.54) is 0 Å². The van der Waals surface area contributed by atoms with Gasteiger partial charge in [-0.3, -0.25) is 9.59 Å². The Bertz CT molecular complexity index is 1170. The van der Waals surface area contributed by atoms with Gasteiger partial charge in [-0.15, -0.1) is 0 Å². The van der Waals surface area contributed by atoms with Crippen molar-refractivity contribution in [1.82, 2.24) is 9.47 Å². The molecule has 1 aromatic carbocycles. The first kappa shape index (κ1) is 18.5. The molecule has 0 aliphatic carbocycles. The molecule has 7 heteroatoms. The Kier molecular flexibility index (Phi) is 4.52. The van der Waals surface area contributed by atoms with Crippen molar-refractivity contribution in [1.29, 1.82) is 0 Å². The van der Waals surface area contributed by atoms with Crippen LogP contribution in [0.4, 0.5) is 0 Å². The Morgan fingerprint density at radius 3 is 2.69 bits per heavy atom. The lowest BCUT2D eigenvalue weighted by molar-refractivity contribution is 0.0564. The predicted molar refractivity (Wildman–Crippen MR) is 112 cm³/mol. The lowest BCUT2D eigenvalue weighted by Crippen LogP contribution is -2.49. The van der Waals surface area contributed by atoms with E-state index >= 15 is 0 Å². The Morgan fingerprint density at radius 1 is 1.00 bits per heavy atom. The number of rotatable bonds is 2.